The van der Waals surface area contributed by atoms with Gasteiger partial charge in [-0.25, -0.2) is 0 Å². The zero-order valence-electron chi connectivity index (χ0n) is 15.9. The van der Waals surface area contributed by atoms with Gasteiger partial charge in [0, 0.05) is 13.1 Å². The Morgan fingerprint density at radius 2 is 1.25 bits per heavy atom. The van der Waals surface area contributed by atoms with E-state index in [-0.39, 0.29) is 0 Å². The molecule has 0 radical (unpaired) electrons. The second-order valence-electron chi connectivity index (χ2n) is 6.70. The molecule has 0 heterocycles. The Kier molecular flexibility index (Phi) is 6.95. The minimum Gasteiger partial charge on any atom is -0.468 e. The summed E-state index contributed by atoms with van der Waals surface area (Å²) in [7, 11) is 1.36. The van der Waals surface area contributed by atoms with Crippen LogP contribution in [0.3, 0.4) is 0 Å². The minimum absolute atomic E-state index is 0.455. The topological polar surface area (TPSA) is 49.8 Å². The van der Waals surface area contributed by atoms with Crippen LogP contribution in [0.25, 0.3) is 0 Å². The second-order valence-corrected chi connectivity index (χ2v) is 6.70. The van der Waals surface area contributed by atoms with Crippen LogP contribution in [-0.2, 0) is 22.6 Å². The Morgan fingerprint density at radius 1 is 0.821 bits per heavy atom. The number of aliphatic hydroxyl groups is 1. The molecule has 144 valence electrons. The van der Waals surface area contributed by atoms with E-state index in [1.165, 1.54) is 7.11 Å². The molecule has 3 rings (SSSR count). The van der Waals surface area contributed by atoms with Gasteiger partial charge in [-0.15, -0.1) is 0 Å². The maximum Gasteiger partial charge on any atom is 0.326 e. The van der Waals surface area contributed by atoms with Gasteiger partial charge in [0.1, 0.15) is 12.1 Å². The highest BCUT2D eigenvalue weighted by Crippen LogP contribution is 2.25. The Hall–Kier alpha value is -2.95. The molecule has 1 N–H and O–H groups in total. The number of benzene rings is 3. The fourth-order valence-electron chi connectivity index (χ4n) is 3.32. The van der Waals surface area contributed by atoms with Crippen molar-refractivity contribution in [1.29, 1.82) is 0 Å². The highest BCUT2D eigenvalue weighted by Gasteiger charge is 2.34. The van der Waals surface area contributed by atoms with E-state index >= 15 is 0 Å². The minimum atomic E-state index is -0.999. The van der Waals surface area contributed by atoms with Gasteiger partial charge in [-0.1, -0.05) is 91.0 Å². The molecule has 0 amide bonds. The van der Waals surface area contributed by atoms with Gasteiger partial charge in [-0.05, 0) is 16.7 Å². The van der Waals surface area contributed by atoms with Crippen LogP contribution in [0.5, 0.6) is 0 Å². The average Bonchev–Trinajstić information content (AvgIpc) is 2.75. The number of hydrogen-bond donors (Lipinski definition) is 1. The lowest BCUT2D eigenvalue weighted by molar-refractivity contribution is -0.152. The van der Waals surface area contributed by atoms with Crippen molar-refractivity contribution in [3.05, 3.63) is 108 Å². The molecule has 0 unspecified atom stereocenters. The predicted octanol–water partition coefficient (Wildman–Crippen LogP) is 3.96. The average molecular weight is 375 g/mol. The number of hydrogen-bond acceptors (Lipinski definition) is 4. The molecule has 0 bridgehead atoms. The number of rotatable bonds is 8. The summed E-state index contributed by atoms with van der Waals surface area (Å²) < 4.78 is 5.07. The first kappa shape index (κ1) is 19.8. The summed E-state index contributed by atoms with van der Waals surface area (Å²) in [6.45, 7) is 1.03. The van der Waals surface area contributed by atoms with Gasteiger partial charge in [-0.3, -0.25) is 9.69 Å². The van der Waals surface area contributed by atoms with Gasteiger partial charge < -0.3 is 9.84 Å². The van der Waals surface area contributed by atoms with Crippen molar-refractivity contribution in [2.45, 2.75) is 25.2 Å². The summed E-state index contributed by atoms with van der Waals surface area (Å²) >= 11 is 0. The number of methoxy groups -OCH3 is 1. The molecule has 3 aromatic carbocycles. The smallest absolute Gasteiger partial charge is 0.326 e. The van der Waals surface area contributed by atoms with Crippen LogP contribution < -0.4 is 0 Å². The molecule has 0 saturated carbocycles. The van der Waals surface area contributed by atoms with Crippen molar-refractivity contribution < 1.29 is 14.6 Å². The largest absolute Gasteiger partial charge is 0.468 e. The quantitative estimate of drug-likeness (QED) is 0.606. The van der Waals surface area contributed by atoms with E-state index < -0.39 is 18.1 Å². The highest BCUT2D eigenvalue weighted by atomic mass is 16.5. The molecule has 4 heteroatoms. The lowest BCUT2D eigenvalue weighted by atomic mass is 9.99. The molecule has 0 fully saturated rings. The third-order valence-corrected chi connectivity index (χ3v) is 4.73. The first-order valence-electron chi connectivity index (χ1n) is 9.32. The third-order valence-electron chi connectivity index (χ3n) is 4.73. The normalized spacial score (nSPS) is 13.1. The summed E-state index contributed by atoms with van der Waals surface area (Å²) in [4.78, 5) is 14.7. The molecule has 0 aromatic heterocycles. The first-order valence-corrected chi connectivity index (χ1v) is 9.32. The van der Waals surface area contributed by atoms with Gasteiger partial charge in [0.25, 0.3) is 0 Å². The lowest BCUT2D eigenvalue weighted by Crippen LogP contribution is -2.45. The SMILES string of the molecule is COC(=O)[C@H]([C@H](O)c1ccccc1)N(Cc1ccccc1)Cc1ccccc1. The van der Waals surface area contributed by atoms with Crippen molar-refractivity contribution >= 4 is 5.97 Å². The van der Waals surface area contributed by atoms with E-state index in [4.69, 9.17) is 4.74 Å². The van der Waals surface area contributed by atoms with Crippen LogP contribution >= 0.6 is 0 Å². The highest BCUT2D eigenvalue weighted by molar-refractivity contribution is 5.76. The van der Waals surface area contributed by atoms with Crippen molar-refractivity contribution in [2.24, 2.45) is 0 Å². The maximum atomic E-state index is 12.7. The summed E-state index contributed by atoms with van der Waals surface area (Å²) in [6.07, 6.45) is -0.999. The number of carbonyl (C=O) groups is 1. The van der Waals surface area contributed by atoms with Crippen LogP contribution in [0.15, 0.2) is 91.0 Å². The van der Waals surface area contributed by atoms with E-state index in [1.54, 1.807) is 0 Å². The Labute approximate surface area is 166 Å². The van der Waals surface area contributed by atoms with Crippen LogP contribution in [0, 0.1) is 0 Å². The molecular weight excluding hydrogens is 350 g/mol. The van der Waals surface area contributed by atoms with Gasteiger partial charge >= 0.3 is 5.97 Å². The number of carbonyl (C=O) groups excluding carboxylic acids is 1. The molecule has 0 aliphatic rings. The molecule has 28 heavy (non-hydrogen) atoms. The van der Waals surface area contributed by atoms with Crippen LogP contribution in [0.1, 0.15) is 22.8 Å². The summed E-state index contributed by atoms with van der Waals surface area (Å²) in [5, 5.41) is 11.1. The van der Waals surface area contributed by atoms with Crippen molar-refractivity contribution in [3.63, 3.8) is 0 Å². The fourth-order valence-corrected chi connectivity index (χ4v) is 3.32. The monoisotopic (exact) mass is 375 g/mol. The second kappa shape index (κ2) is 9.83. The van der Waals surface area contributed by atoms with E-state index in [9.17, 15) is 9.90 Å². The molecule has 0 spiro atoms. The van der Waals surface area contributed by atoms with E-state index in [0.29, 0.717) is 18.7 Å². The number of aliphatic hydroxyl groups excluding tert-OH is 1. The predicted molar refractivity (Wildman–Crippen MR) is 109 cm³/mol. The first-order chi connectivity index (χ1) is 13.7. The number of nitrogens with zero attached hydrogens (tertiary/aromatic N) is 1. The number of esters is 1. The van der Waals surface area contributed by atoms with E-state index in [0.717, 1.165) is 11.1 Å². The van der Waals surface area contributed by atoms with Gasteiger partial charge in [-0.2, -0.15) is 0 Å². The summed E-state index contributed by atoms with van der Waals surface area (Å²) in [6, 6.07) is 28.3. The fraction of sp³-hybridized carbons (Fsp3) is 0.208. The zero-order chi connectivity index (χ0) is 19.8. The van der Waals surface area contributed by atoms with Gasteiger partial charge in [0.05, 0.1) is 7.11 Å². The van der Waals surface area contributed by atoms with E-state index in [2.05, 4.69) is 0 Å². The zero-order valence-corrected chi connectivity index (χ0v) is 15.9. The standard InChI is InChI=1S/C24H25NO3/c1-28-24(27)22(23(26)21-15-9-4-10-16-21)25(17-19-11-5-2-6-12-19)18-20-13-7-3-8-14-20/h2-16,22-23,26H,17-18H2,1H3/t22-,23+/m0/s1. The Morgan fingerprint density at radius 3 is 1.68 bits per heavy atom. The van der Waals surface area contributed by atoms with Crippen LogP contribution in [0.2, 0.25) is 0 Å². The maximum absolute atomic E-state index is 12.7. The summed E-state index contributed by atoms with van der Waals surface area (Å²) in [5.41, 5.74) is 2.81. The van der Waals surface area contributed by atoms with Crippen molar-refractivity contribution in [3.8, 4) is 0 Å². The van der Waals surface area contributed by atoms with Gasteiger partial charge in [0.15, 0.2) is 0 Å². The molecule has 0 saturated heterocycles. The molecular formula is C24H25NO3. The third kappa shape index (κ3) is 5.06. The Balaban J connectivity index is 1.96. The molecule has 4 nitrogen and oxygen atoms in total. The van der Waals surface area contributed by atoms with Crippen molar-refractivity contribution in [1.82, 2.24) is 4.90 Å². The Bertz CT molecular complexity index is 811. The number of ether oxygens (including phenoxy) is 1. The molecule has 0 aliphatic heterocycles. The van der Waals surface area contributed by atoms with Crippen molar-refractivity contribution in [2.75, 3.05) is 7.11 Å². The van der Waals surface area contributed by atoms with E-state index in [1.807, 2.05) is 95.9 Å². The van der Waals surface area contributed by atoms with Gasteiger partial charge in [0.2, 0.25) is 0 Å². The molecule has 0 aliphatic carbocycles. The summed E-state index contributed by atoms with van der Waals surface area (Å²) in [5.74, 6) is -0.455. The molecule has 3 aromatic rings. The van der Waals surface area contributed by atoms with Crippen LogP contribution in [0.4, 0.5) is 0 Å². The molecule has 2 atom stereocenters. The van der Waals surface area contributed by atoms with Crippen LogP contribution in [-0.4, -0.2) is 29.1 Å². The lowest BCUT2D eigenvalue weighted by Gasteiger charge is -2.33.